The third kappa shape index (κ3) is 3.75. The fourth-order valence-electron chi connectivity index (χ4n) is 3.37. The van der Waals surface area contributed by atoms with Crippen molar-refractivity contribution in [3.8, 4) is 5.75 Å². The summed E-state index contributed by atoms with van der Waals surface area (Å²) in [6.07, 6.45) is 4.77. The Morgan fingerprint density at radius 3 is 2.32 bits per heavy atom. The first kappa shape index (κ1) is 15.2. The molecular weight excluding hydrogens is 282 g/mol. The summed E-state index contributed by atoms with van der Waals surface area (Å²) in [6, 6.07) is 7.11. The SMILES string of the molecule is O=[N+]([O-])c1ccc(OC2CCN(C3CCNCC3)CC2)cc1. The fourth-order valence-corrected chi connectivity index (χ4v) is 3.37. The fraction of sp³-hybridized carbons (Fsp3) is 0.625. The Labute approximate surface area is 130 Å². The number of nitro benzene ring substituents is 1. The second-order valence-corrected chi connectivity index (χ2v) is 6.09. The molecule has 6 heteroatoms. The summed E-state index contributed by atoms with van der Waals surface area (Å²) < 4.78 is 5.96. The van der Waals surface area contributed by atoms with Crippen LogP contribution in [0.4, 0.5) is 5.69 Å². The lowest BCUT2D eigenvalue weighted by Crippen LogP contribution is -2.48. The molecule has 0 bridgehead atoms. The Morgan fingerprint density at radius 1 is 1.09 bits per heavy atom. The van der Waals surface area contributed by atoms with Crippen molar-refractivity contribution in [3.63, 3.8) is 0 Å². The van der Waals surface area contributed by atoms with Crippen molar-refractivity contribution in [1.29, 1.82) is 0 Å². The van der Waals surface area contributed by atoms with Crippen LogP contribution in [0.25, 0.3) is 0 Å². The first-order chi connectivity index (χ1) is 10.7. The van der Waals surface area contributed by atoms with Gasteiger partial charge in [-0.15, -0.1) is 0 Å². The number of piperidine rings is 2. The van der Waals surface area contributed by atoms with Crippen LogP contribution in [0, 0.1) is 10.1 Å². The maximum absolute atomic E-state index is 10.6. The number of non-ortho nitro benzene ring substituents is 1. The van der Waals surface area contributed by atoms with Gasteiger partial charge in [0.05, 0.1) is 4.92 Å². The van der Waals surface area contributed by atoms with Crippen molar-refractivity contribution >= 4 is 5.69 Å². The topological polar surface area (TPSA) is 67.6 Å². The zero-order chi connectivity index (χ0) is 15.4. The molecule has 2 aliphatic rings. The molecule has 22 heavy (non-hydrogen) atoms. The van der Waals surface area contributed by atoms with Gasteiger partial charge in [-0.1, -0.05) is 0 Å². The maximum atomic E-state index is 10.6. The molecule has 0 amide bonds. The van der Waals surface area contributed by atoms with Crippen molar-refractivity contribution < 1.29 is 9.66 Å². The zero-order valence-corrected chi connectivity index (χ0v) is 12.7. The van der Waals surface area contributed by atoms with Crippen LogP contribution in [0.2, 0.25) is 0 Å². The molecule has 2 heterocycles. The lowest BCUT2D eigenvalue weighted by Gasteiger charge is -2.39. The van der Waals surface area contributed by atoms with Crippen LogP contribution >= 0.6 is 0 Å². The third-order valence-electron chi connectivity index (χ3n) is 4.65. The summed E-state index contributed by atoms with van der Waals surface area (Å²) in [5.41, 5.74) is 0.105. The van der Waals surface area contributed by atoms with Gasteiger partial charge in [-0.05, 0) is 50.9 Å². The number of likely N-dealkylation sites (tertiary alicyclic amines) is 1. The molecular formula is C16H23N3O3. The summed E-state index contributed by atoms with van der Waals surface area (Å²) in [4.78, 5) is 12.8. The molecule has 0 spiro atoms. The number of nitro groups is 1. The molecule has 3 rings (SSSR count). The highest BCUT2D eigenvalue weighted by atomic mass is 16.6. The minimum absolute atomic E-state index is 0.105. The van der Waals surface area contributed by atoms with Gasteiger partial charge < -0.3 is 15.0 Å². The van der Waals surface area contributed by atoms with E-state index in [-0.39, 0.29) is 16.7 Å². The van der Waals surface area contributed by atoms with Crippen molar-refractivity contribution in [1.82, 2.24) is 10.2 Å². The van der Waals surface area contributed by atoms with E-state index in [1.807, 2.05) is 0 Å². The number of hydrogen-bond donors (Lipinski definition) is 1. The van der Waals surface area contributed by atoms with E-state index in [0.29, 0.717) is 0 Å². The second-order valence-electron chi connectivity index (χ2n) is 6.09. The number of nitrogens with zero attached hydrogens (tertiary/aromatic N) is 2. The number of benzene rings is 1. The van der Waals surface area contributed by atoms with Crippen LogP contribution in [0.1, 0.15) is 25.7 Å². The van der Waals surface area contributed by atoms with Gasteiger partial charge in [0.2, 0.25) is 0 Å². The summed E-state index contributed by atoms with van der Waals surface area (Å²) in [7, 11) is 0. The first-order valence-corrected chi connectivity index (χ1v) is 8.08. The molecule has 0 saturated carbocycles. The van der Waals surface area contributed by atoms with Crippen LogP contribution in [-0.2, 0) is 0 Å². The normalized spacial score (nSPS) is 21.6. The molecule has 0 aromatic heterocycles. The Morgan fingerprint density at radius 2 is 1.73 bits per heavy atom. The summed E-state index contributed by atoms with van der Waals surface area (Å²) in [5.74, 6) is 0.728. The van der Waals surface area contributed by atoms with E-state index >= 15 is 0 Å². The van der Waals surface area contributed by atoms with Gasteiger partial charge in [-0.3, -0.25) is 10.1 Å². The lowest BCUT2D eigenvalue weighted by atomic mass is 10.00. The minimum Gasteiger partial charge on any atom is -0.490 e. The molecule has 1 aromatic rings. The number of ether oxygens (including phenoxy) is 1. The van der Waals surface area contributed by atoms with Gasteiger partial charge in [-0.2, -0.15) is 0 Å². The third-order valence-corrected chi connectivity index (χ3v) is 4.65. The summed E-state index contributed by atoms with van der Waals surface area (Å²) >= 11 is 0. The summed E-state index contributed by atoms with van der Waals surface area (Å²) in [5, 5.41) is 14.1. The van der Waals surface area contributed by atoms with E-state index in [9.17, 15) is 10.1 Å². The van der Waals surface area contributed by atoms with Gasteiger partial charge in [-0.25, -0.2) is 0 Å². The molecule has 6 nitrogen and oxygen atoms in total. The van der Waals surface area contributed by atoms with Crippen molar-refractivity contribution in [2.24, 2.45) is 0 Å². The minimum atomic E-state index is -0.388. The van der Waals surface area contributed by atoms with E-state index < -0.39 is 0 Å². The zero-order valence-electron chi connectivity index (χ0n) is 12.7. The number of nitrogens with one attached hydrogen (secondary N) is 1. The molecule has 0 atom stereocenters. The maximum Gasteiger partial charge on any atom is 0.269 e. The van der Waals surface area contributed by atoms with Gasteiger partial charge in [0.15, 0.2) is 0 Å². The highest BCUT2D eigenvalue weighted by molar-refractivity contribution is 5.36. The Kier molecular flexibility index (Phi) is 4.90. The van der Waals surface area contributed by atoms with Crippen LogP contribution in [0.15, 0.2) is 24.3 Å². The predicted molar refractivity (Wildman–Crippen MR) is 84.2 cm³/mol. The molecule has 1 N–H and O–H groups in total. The predicted octanol–water partition coefficient (Wildman–Crippen LogP) is 2.19. The lowest BCUT2D eigenvalue weighted by molar-refractivity contribution is -0.384. The molecule has 0 unspecified atom stereocenters. The van der Waals surface area contributed by atoms with Crippen molar-refractivity contribution in [2.75, 3.05) is 26.2 Å². The van der Waals surface area contributed by atoms with Crippen LogP contribution < -0.4 is 10.1 Å². The van der Waals surface area contributed by atoms with Gasteiger partial charge in [0.25, 0.3) is 5.69 Å². The molecule has 0 aliphatic carbocycles. The molecule has 120 valence electrons. The molecule has 2 fully saturated rings. The number of rotatable bonds is 4. The standard InChI is InChI=1S/C16H23N3O3/c20-19(21)14-1-3-15(4-2-14)22-16-7-11-18(12-8-16)13-5-9-17-10-6-13/h1-4,13,16-17H,5-12H2. The van der Waals surface area contributed by atoms with Crippen LogP contribution in [-0.4, -0.2) is 48.1 Å². The van der Waals surface area contributed by atoms with E-state index in [1.54, 1.807) is 12.1 Å². The monoisotopic (exact) mass is 305 g/mol. The molecule has 1 aromatic carbocycles. The quantitative estimate of drug-likeness (QED) is 0.682. The summed E-state index contributed by atoms with van der Waals surface area (Å²) in [6.45, 7) is 4.43. The van der Waals surface area contributed by atoms with E-state index in [2.05, 4.69) is 10.2 Å². The van der Waals surface area contributed by atoms with E-state index in [4.69, 9.17) is 4.74 Å². The van der Waals surface area contributed by atoms with Gasteiger partial charge in [0, 0.05) is 31.3 Å². The molecule has 2 aliphatic heterocycles. The Hall–Kier alpha value is -1.66. The van der Waals surface area contributed by atoms with Crippen molar-refractivity contribution in [2.45, 2.75) is 37.8 Å². The average molecular weight is 305 g/mol. The molecule has 0 radical (unpaired) electrons. The molecule has 2 saturated heterocycles. The Balaban J connectivity index is 1.48. The average Bonchev–Trinajstić information content (AvgIpc) is 2.57. The first-order valence-electron chi connectivity index (χ1n) is 8.08. The number of hydrogen-bond acceptors (Lipinski definition) is 5. The van der Waals surface area contributed by atoms with Crippen LogP contribution in [0.5, 0.6) is 5.75 Å². The smallest absolute Gasteiger partial charge is 0.269 e. The highest BCUT2D eigenvalue weighted by Crippen LogP contribution is 2.24. The van der Waals surface area contributed by atoms with E-state index in [1.165, 1.54) is 25.0 Å². The second kappa shape index (κ2) is 7.07. The van der Waals surface area contributed by atoms with Crippen molar-refractivity contribution in [3.05, 3.63) is 34.4 Å². The van der Waals surface area contributed by atoms with Crippen LogP contribution in [0.3, 0.4) is 0 Å². The van der Waals surface area contributed by atoms with Gasteiger partial charge >= 0.3 is 0 Å². The highest BCUT2D eigenvalue weighted by Gasteiger charge is 2.26. The Bertz CT molecular complexity index is 492. The largest absolute Gasteiger partial charge is 0.490 e. The van der Waals surface area contributed by atoms with Gasteiger partial charge in [0.1, 0.15) is 11.9 Å². The van der Waals surface area contributed by atoms with E-state index in [0.717, 1.165) is 50.8 Å².